The zero-order valence-corrected chi connectivity index (χ0v) is 12.0. The molecule has 17 heavy (non-hydrogen) atoms. The van der Waals surface area contributed by atoms with E-state index in [9.17, 15) is 5.21 Å². The number of hydrogen-bond acceptors (Lipinski definition) is 4. The molecular formula is C12H27NO4. The Morgan fingerprint density at radius 2 is 1.41 bits per heavy atom. The van der Waals surface area contributed by atoms with Gasteiger partial charge < -0.3 is 5.21 Å². The van der Waals surface area contributed by atoms with Crippen LogP contribution in [0, 0.1) is 5.21 Å². The third kappa shape index (κ3) is 4.89. The number of nitrogens with one attached hydrogen (secondary N) is 1. The first-order valence-corrected chi connectivity index (χ1v) is 6.44. The third-order valence-corrected chi connectivity index (χ3v) is 3.89. The van der Waals surface area contributed by atoms with E-state index < -0.39 is 11.1 Å². The number of hydroxylamine groups is 2. The van der Waals surface area contributed by atoms with Crippen LogP contribution in [-0.4, -0.2) is 11.1 Å². The average molecular weight is 249 g/mol. The molecule has 0 rings (SSSR count). The van der Waals surface area contributed by atoms with Gasteiger partial charge in [-0.25, -0.2) is 0 Å². The second-order valence-electron chi connectivity index (χ2n) is 4.95. The summed E-state index contributed by atoms with van der Waals surface area (Å²) in [6.45, 7) is 11.7. The summed E-state index contributed by atoms with van der Waals surface area (Å²) in [5.74, 6) is 0. The van der Waals surface area contributed by atoms with Gasteiger partial charge in [-0.2, -0.15) is 10.1 Å². The standard InChI is InChI=1S/C12H27NO4/c1-7-11(5,8-2)13(14)16-17-15-12(6,9-3)10-4/h13H,7-10H2,1-6H3. The monoisotopic (exact) mass is 249 g/mol. The van der Waals surface area contributed by atoms with E-state index in [2.05, 4.69) is 5.04 Å². The summed E-state index contributed by atoms with van der Waals surface area (Å²) in [6, 6.07) is 0. The molecule has 0 aromatic rings. The van der Waals surface area contributed by atoms with Crippen molar-refractivity contribution < 1.29 is 20.1 Å². The maximum Gasteiger partial charge on any atom is 0.126 e. The fourth-order valence-electron chi connectivity index (χ4n) is 1.14. The fourth-order valence-corrected chi connectivity index (χ4v) is 1.14. The van der Waals surface area contributed by atoms with E-state index in [1.54, 1.807) is 0 Å². The second kappa shape index (κ2) is 7.28. The lowest BCUT2D eigenvalue weighted by molar-refractivity contribution is -1.15. The Kier molecular flexibility index (Phi) is 7.20. The largest absolute Gasteiger partial charge is 0.597 e. The second-order valence-corrected chi connectivity index (χ2v) is 4.95. The van der Waals surface area contributed by atoms with Crippen molar-refractivity contribution in [3.63, 3.8) is 0 Å². The summed E-state index contributed by atoms with van der Waals surface area (Å²) in [6.07, 6.45) is 3.01. The van der Waals surface area contributed by atoms with Gasteiger partial charge in [-0.1, -0.05) is 27.7 Å². The van der Waals surface area contributed by atoms with Crippen molar-refractivity contribution in [3.8, 4) is 0 Å². The van der Waals surface area contributed by atoms with Gasteiger partial charge in [0.05, 0.1) is 0 Å². The molecule has 0 saturated carbocycles. The van der Waals surface area contributed by atoms with Gasteiger partial charge in [0.15, 0.2) is 0 Å². The Hall–Kier alpha value is -0.200. The van der Waals surface area contributed by atoms with Gasteiger partial charge in [0.2, 0.25) is 0 Å². The molecule has 0 fully saturated rings. The van der Waals surface area contributed by atoms with E-state index in [-0.39, 0.29) is 5.23 Å². The van der Waals surface area contributed by atoms with Crippen LogP contribution in [0.2, 0.25) is 0 Å². The molecule has 0 aromatic carbocycles. The normalized spacial score (nSPS) is 15.0. The Labute approximate surface area is 104 Å². The lowest BCUT2D eigenvalue weighted by atomic mass is 9.97. The highest BCUT2D eigenvalue weighted by atomic mass is 17.6. The first-order chi connectivity index (χ1) is 7.87. The molecule has 0 aliphatic carbocycles. The van der Waals surface area contributed by atoms with Crippen molar-refractivity contribution in [2.45, 2.75) is 78.4 Å². The van der Waals surface area contributed by atoms with Crippen LogP contribution in [0.4, 0.5) is 0 Å². The highest BCUT2D eigenvalue weighted by Gasteiger charge is 2.31. The van der Waals surface area contributed by atoms with Crippen LogP contribution in [0.5, 0.6) is 0 Å². The number of hydrogen-bond donors (Lipinski definition) is 1. The van der Waals surface area contributed by atoms with Gasteiger partial charge in [-0.05, 0) is 36.7 Å². The lowest BCUT2D eigenvalue weighted by Crippen LogP contribution is -3.14. The van der Waals surface area contributed by atoms with Gasteiger partial charge in [0, 0.05) is 12.8 Å². The minimum Gasteiger partial charge on any atom is -0.597 e. The van der Waals surface area contributed by atoms with Crippen LogP contribution >= 0.6 is 0 Å². The molecule has 0 aliphatic rings. The minimum atomic E-state index is -0.502. The van der Waals surface area contributed by atoms with E-state index in [1.807, 2.05) is 41.5 Å². The molecule has 0 aliphatic heterocycles. The summed E-state index contributed by atoms with van der Waals surface area (Å²) < 4.78 is 0. The topological polar surface area (TPSA) is 55.2 Å². The SMILES string of the molecule is CCC(C)(CC)OOO[NH+]([O-])C(C)(CC)CC. The van der Waals surface area contributed by atoms with E-state index in [1.165, 1.54) is 0 Å². The van der Waals surface area contributed by atoms with Gasteiger partial charge >= 0.3 is 0 Å². The minimum absolute atomic E-state index is 0.378. The van der Waals surface area contributed by atoms with E-state index in [0.29, 0.717) is 12.8 Å². The molecular weight excluding hydrogens is 222 g/mol. The smallest absolute Gasteiger partial charge is 0.126 e. The van der Waals surface area contributed by atoms with E-state index >= 15 is 0 Å². The zero-order chi connectivity index (χ0) is 13.5. The summed E-state index contributed by atoms with van der Waals surface area (Å²) in [4.78, 5) is 9.87. The van der Waals surface area contributed by atoms with Crippen LogP contribution in [0.25, 0.3) is 0 Å². The summed E-state index contributed by atoms with van der Waals surface area (Å²) in [7, 11) is 0. The first kappa shape index (κ1) is 16.8. The molecule has 5 heteroatoms. The zero-order valence-electron chi connectivity index (χ0n) is 12.0. The van der Waals surface area contributed by atoms with E-state index in [4.69, 9.17) is 9.88 Å². The first-order valence-electron chi connectivity index (χ1n) is 6.44. The van der Waals surface area contributed by atoms with Gasteiger partial charge in [-0.3, -0.25) is 0 Å². The molecule has 5 nitrogen and oxygen atoms in total. The molecule has 0 saturated heterocycles. The number of quaternary nitrogens is 1. The van der Waals surface area contributed by atoms with Crippen molar-refractivity contribution in [1.29, 1.82) is 0 Å². The molecule has 0 radical (unpaired) electrons. The lowest BCUT2D eigenvalue weighted by Gasteiger charge is -2.35. The molecule has 0 spiro atoms. The van der Waals surface area contributed by atoms with Crippen LogP contribution in [0.15, 0.2) is 0 Å². The quantitative estimate of drug-likeness (QED) is 0.503. The van der Waals surface area contributed by atoms with Crippen molar-refractivity contribution >= 4 is 0 Å². The van der Waals surface area contributed by atoms with Gasteiger partial charge in [0.25, 0.3) is 0 Å². The Morgan fingerprint density at radius 1 is 0.941 bits per heavy atom. The maximum absolute atomic E-state index is 11.8. The van der Waals surface area contributed by atoms with E-state index in [0.717, 1.165) is 12.8 Å². The van der Waals surface area contributed by atoms with Crippen LogP contribution < -0.4 is 5.23 Å². The van der Waals surface area contributed by atoms with Crippen LogP contribution in [0.1, 0.15) is 67.2 Å². The number of rotatable bonds is 9. The van der Waals surface area contributed by atoms with Crippen molar-refractivity contribution in [1.82, 2.24) is 0 Å². The molecule has 0 aromatic heterocycles. The highest BCUT2D eigenvalue weighted by molar-refractivity contribution is 4.68. The molecule has 0 heterocycles. The molecule has 104 valence electrons. The van der Waals surface area contributed by atoms with Gasteiger partial charge in [-0.15, -0.1) is 0 Å². The fraction of sp³-hybridized carbons (Fsp3) is 1.00. The summed E-state index contributed by atoms with van der Waals surface area (Å²) >= 11 is 0. The summed E-state index contributed by atoms with van der Waals surface area (Å²) in [5, 5.41) is 16.0. The Balaban J connectivity index is 4.12. The molecule has 1 unspecified atom stereocenters. The average Bonchev–Trinajstić information content (AvgIpc) is 2.37. The Bertz CT molecular complexity index is 203. The predicted molar refractivity (Wildman–Crippen MR) is 65.6 cm³/mol. The molecule has 1 atom stereocenters. The third-order valence-electron chi connectivity index (χ3n) is 3.89. The van der Waals surface area contributed by atoms with Crippen LogP contribution in [0.3, 0.4) is 0 Å². The van der Waals surface area contributed by atoms with Crippen LogP contribution in [-0.2, 0) is 14.9 Å². The van der Waals surface area contributed by atoms with Gasteiger partial charge in [0.1, 0.15) is 11.1 Å². The maximum atomic E-state index is 11.8. The molecule has 0 bridgehead atoms. The predicted octanol–water partition coefficient (Wildman–Crippen LogP) is 2.32. The summed E-state index contributed by atoms with van der Waals surface area (Å²) in [5.41, 5.74) is -0.909. The van der Waals surface area contributed by atoms with Crippen molar-refractivity contribution in [2.24, 2.45) is 0 Å². The molecule has 0 amide bonds. The van der Waals surface area contributed by atoms with Crippen molar-refractivity contribution in [3.05, 3.63) is 5.21 Å². The molecule has 1 N–H and O–H groups in total. The Morgan fingerprint density at radius 3 is 1.76 bits per heavy atom. The highest BCUT2D eigenvalue weighted by Crippen LogP contribution is 2.19. The van der Waals surface area contributed by atoms with Crippen molar-refractivity contribution in [2.75, 3.05) is 0 Å².